The summed E-state index contributed by atoms with van der Waals surface area (Å²) in [6, 6.07) is 3.91. The highest BCUT2D eigenvalue weighted by Gasteiger charge is 2.14. The van der Waals surface area contributed by atoms with Crippen LogP contribution in [0.2, 0.25) is 0 Å². The lowest BCUT2D eigenvalue weighted by molar-refractivity contribution is 0.164. The zero-order valence-corrected chi connectivity index (χ0v) is 7.91. The van der Waals surface area contributed by atoms with Crippen LogP contribution in [-0.4, -0.2) is 18.2 Å². The maximum atomic E-state index is 5.38. The first-order chi connectivity index (χ1) is 6.27. The molecule has 0 atom stereocenters. The molecule has 0 saturated carbocycles. The van der Waals surface area contributed by atoms with E-state index in [1.54, 1.807) is 0 Å². The molecular weight excluding hydrogens is 166 g/mol. The predicted molar refractivity (Wildman–Crippen MR) is 49.3 cm³/mol. The molecule has 3 heteroatoms. The number of hydrogen-bond donors (Lipinski definition) is 0. The molecule has 0 bridgehead atoms. The Labute approximate surface area is 77.7 Å². The van der Waals surface area contributed by atoms with Crippen LogP contribution in [0.15, 0.2) is 12.1 Å². The molecule has 0 aliphatic carbocycles. The third-order valence-electron chi connectivity index (χ3n) is 2.02. The zero-order valence-electron chi connectivity index (χ0n) is 7.91. The molecule has 1 aliphatic heterocycles. The molecule has 0 saturated heterocycles. The van der Waals surface area contributed by atoms with Crippen LogP contribution in [0.4, 0.5) is 0 Å². The first-order valence-electron chi connectivity index (χ1n) is 4.54. The van der Waals surface area contributed by atoms with Gasteiger partial charge < -0.3 is 9.47 Å². The molecule has 3 nitrogen and oxygen atoms in total. The van der Waals surface area contributed by atoms with E-state index in [2.05, 4.69) is 18.8 Å². The molecule has 2 rings (SSSR count). The Balaban J connectivity index is 2.35. The summed E-state index contributed by atoms with van der Waals surface area (Å²) in [5, 5.41) is 0. The number of fused-ring (bicyclic) bond motifs is 1. The summed E-state index contributed by atoms with van der Waals surface area (Å²) in [6.45, 7) is 5.44. The Morgan fingerprint density at radius 2 is 2.00 bits per heavy atom. The standard InChI is InChI=1S/C10H13NO2/c1-7(2)8-3-4-9-10(11-8)13-6-5-12-9/h3-4,7H,5-6H2,1-2H3. The van der Waals surface area contributed by atoms with Crippen LogP contribution >= 0.6 is 0 Å². The van der Waals surface area contributed by atoms with Crippen molar-refractivity contribution in [1.82, 2.24) is 4.98 Å². The van der Waals surface area contributed by atoms with E-state index in [9.17, 15) is 0 Å². The van der Waals surface area contributed by atoms with Gasteiger partial charge in [0.1, 0.15) is 13.2 Å². The largest absolute Gasteiger partial charge is 0.484 e. The van der Waals surface area contributed by atoms with Gasteiger partial charge in [-0.25, -0.2) is 4.98 Å². The van der Waals surface area contributed by atoms with E-state index in [0.717, 1.165) is 11.4 Å². The van der Waals surface area contributed by atoms with Crippen LogP contribution in [0, 0.1) is 0 Å². The van der Waals surface area contributed by atoms with Crippen molar-refractivity contribution in [3.8, 4) is 11.6 Å². The van der Waals surface area contributed by atoms with Crippen LogP contribution in [0.3, 0.4) is 0 Å². The monoisotopic (exact) mass is 179 g/mol. The fourth-order valence-corrected chi connectivity index (χ4v) is 1.27. The Morgan fingerprint density at radius 1 is 1.23 bits per heavy atom. The Kier molecular flexibility index (Phi) is 2.08. The van der Waals surface area contributed by atoms with Crippen LogP contribution < -0.4 is 9.47 Å². The van der Waals surface area contributed by atoms with Crippen molar-refractivity contribution in [2.75, 3.05) is 13.2 Å². The summed E-state index contributed by atoms with van der Waals surface area (Å²) in [4.78, 5) is 4.37. The van der Waals surface area contributed by atoms with Gasteiger partial charge in [-0.1, -0.05) is 13.8 Å². The molecule has 0 N–H and O–H groups in total. The van der Waals surface area contributed by atoms with Gasteiger partial charge in [-0.3, -0.25) is 0 Å². The molecule has 1 aromatic rings. The minimum Gasteiger partial charge on any atom is -0.484 e. The van der Waals surface area contributed by atoms with Gasteiger partial charge in [-0.05, 0) is 18.1 Å². The molecule has 1 aliphatic rings. The molecule has 0 fully saturated rings. The zero-order chi connectivity index (χ0) is 9.26. The van der Waals surface area contributed by atoms with Crippen LogP contribution in [0.1, 0.15) is 25.5 Å². The van der Waals surface area contributed by atoms with Crippen LogP contribution in [0.25, 0.3) is 0 Å². The smallest absolute Gasteiger partial charge is 0.257 e. The first kappa shape index (κ1) is 8.35. The van der Waals surface area contributed by atoms with Crippen molar-refractivity contribution in [2.45, 2.75) is 19.8 Å². The van der Waals surface area contributed by atoms with Crippen LogP contribution in [0.5, 0.6) is 11.6 Å². The number of ether oxygens (including phenoxy) is 2. The predicted octanol–water partition coefficient (Wildman–Crippen LogP) is 1.98. The summed E-state index contributed by atoms with van der Waals surface area (Å²) in [6.07, 6.45) is 0. The van der Waals surface area contributed by atoms with Gasteiger partial charge in [0.2, 0.25) is 0 Å². The van der Waals surface area contributed by atoms with E-state index < -0.39 is 0 Å². The number of nitrogens with zero attached hydrogens (tertiary/aromatic N) is 1. The topological polar surface area (TPSA) is 31.4 Å². The fraction of sp³-hybridized carbons (Fsp3) is 0.500. The van der Waals surface area contributed by atoms with Crippen molar-refractivity contribution in [1.29, 1.82) is 0 Å². The average Bonchev–Trinajstić information content (AvgIpc) is 2.17. The highest BCUT2D eigenvalue weighted by Crippen LogP contribution is 2.29. The second kappa shape index (κ2) is 3.24. The first-order valence-corrected chi connectivity index (χ1v) is 4.54. The van der Waals surface area contributed by atoms with Crippen molar-refractivity contribution >= 4 is 0 Å². The molecule has 70 valence electrons. The Morgan fingerprint density at radius 3 is 2.77 bits per heavy atom. The Hall–Kier alpha value is -1.25. The molecule has 0 radical (unpaired) electrons. The van der Waals surface area contributed by atoms with Crippen molar-refractivity contribution < 1.29 is 9.47 Å². The maximum Gasteiger partial charge on any atom is 0.257 e. The molecule has 13 heavy (non-hydrogen) atoms. The maximum absolute atomic E-state index is 5.38. The van der Waals surface area contributed by atoms with Crippen molar-refractivity contribution in [3.05, 3.63) is 17.8 Å². The van der Waals surface area contributed by atoms with E-state index in [-0.39, 0.29) is 0 Å². The third-order valence-corrected chi connectivity index (χ3v) is 2.02. The molecule has 0 unspecified atom stereocenters. The summed E-state index contributed by atoms with van der Waals surface area (Å²) in [5.74, 6) is 1.82. The average molecular weight is 179 g/mol. The quantitative estimate of drug-likeness (QED) is 0.660. The van der Waals surface area contributed by atoms with Gasteiger partial charge in [-0.2, -0.15) is 0 Å². The molecular formula is C10H13NO2. The highest BCUT2D eigenvalue weighted by molar-refractivity contribution is 5.36. The highest BCUT2D eigenvalue weighted by atomic mass is 16.6. The van der Waals surface area contributed by atoms with E-state index >= 15 is 0 Å². The molecule has 2 heterocycles. The molecule has 0 aromatic carbocycles. The van der Waals surface area contributed by atoms with E-state index in [0.29, 0.717) is 25.0 Å². The number of pyridine rings is 1. The van der Waals surface area contributed by atoms with Crippen molar-refractivity contribution in [2.24, 2.45) is 0 Å². The summed E-state index contributed by atoms with van der Waals surface area (Å²) >= 11 is 0. The number of hydrogen-bond acceptors (Lipinski definition) is 3. The summed E-state index contributed by atoms with van der Waals surface area (Å²) < 4.78 is 10.7. The summed E-state index contributed by atoms with van der Waals surface area (Å²) in [7, 11) is 0. The lowest BCUT2D eigenvalue weighted by atomic mass is 10.1. The minimum atomic E-state index is 0.427. The normalized spacial score (nSPS) is 14.7. The van der Waals surface area contributed by atoms with Gasteiger partial charge in [0.25, 0.3) is 5.88 Å². The lowest BCUT2D eigenvalue weighted by Crippen LogP contribution is -2.16. The molecule has 0 spiro atoms. The number of aromatic nitrogens is 1. The minimum absolute atomic E-state index is 0.427. The second-order valence-corrected chi connectivity index (χ2v) is 3.39. The van der Waals surface area contributed by atoms with Crippen molar-refractivity contribution in [3.63, 3.8) is 0 Å². The van der Waals surface area contributed by atoms with Gasteiger partial charge in [0.15, 0.2) is 5.75 Å². The van der Waals surface area contributed by atoms with Gasteiger partial charge >= 0.3 is 0 Å². The fourth-order valence-electron chi connectivity index (χ4n) is 1.27. The third kappa shape index (κ3) is 1.59. The molecule has 0 amide bonds. The van der Waals surface area contributed by atoms with E-state index in [1.165, 1.54) is 0 Å². The lowest BCUT2D eigenvalue weighted by Gasteiger charge is -2.18. The SMILES string of the molecule is CC(C)c1ccc2c(n1)OCCO2. The van der Waals surface area contributed by atoms with E-state index in [4.69, 9.17) is 9.47 Å². The van der Waals surface area contributed by atoms with Gasteiger partial charge in [-0.15, -0.1) is 0 Å². The molecule has 1 aromatic heterocycles. The van der Waals surface area contributed by atoms with Gasteiger partial charge in [0.05, 0.1) is 0 Å². The summed E-state index contributed by atoms with van der Waals surface area (Å²) in [5.41, 5.74) is 1.05. The van der Waals surface area contributed by atoms with Gasteiger partial charge in [0, 0.05) is 5.69 Å². The van der Waals surface area contributed by atoms with E-state index in [1.807, 2.05) is 12.1 Å². The van der Waals surface area contributed by atoms with Crippen LogP contribution in [-0.2, 0) is 0 Å². The Bertz CT molecular complexity index is 310. The number of rotatable bonds is 1. The second-order valence-electron chi connectivity index (χ2n) is 3.39.